The Bertz CT molecular complexity index is 434. The second kappa shape index (κ2) is 7.23. The maximum absolute atomic E-state index is 13.1. The third-order valence-corrected chi connectivity index (χ3v) is 4.86. The van der Waals surface area contributed by atoms with E-state index in [2.05, 4.69) is 23.8 Å². The van der Waals surface area contributed by atoms with E-state index in [0.29, 0.717) is 6.54 Å². The molecule has 4 heteroatoms. The van der Waals surface area contributed by atoms with Gasteiger partial charge in [0.25, 0.3) is 0 Å². The zero-order valence-corrected chi connectivity index (χ0v) is 13.3. The smallest absolute Gasteiger partial charge is 0.123 e. The van der Waals surface area contributed by atoms with Crippen LogP contribution in [0.2, 0.25) is 0 Å². The molecule has 1 aromatic rings. The standard InChI is InChI=1S/C17H28FN3/c1-3-11-21-12-4-9-17(14-19,10-13-21)20(2)16-7-5-15(18)6-8-16/h5-8H,3-4,9-14,19H2,1-2H3. The Kier molecular flexibility index (Phi) is 5.59. The van der Waals surface area contributed by atoms with Crippen molar-refractivity contribution in [2.24, 2.45) is 5.73 Å². The van der Waals surface area contributed by atoms with Gasteiger partial charge in [-0.2, -0.15) is 0 Å². The summed E-state index contributed by atoms with van der Waals surface area (Å²) in [7, 11) is 2.09. The normalized spacial score (nSPS) is 23.8. The second-order valence-corrected chi connectivity index (χ2v) is 6.16. The van der Waals surface area contributed by atoms with Gasteiger partial charge in [-0.05, 0) is 63.0 Å². The Morgan fingerprint density at radius 2 is 1.95 bits per heavy atom. The molecule has 2 rings (SSSR count). The largest absolute Gasteiger partial charge is 0.368 e. The van der Waals surface area contributed by atoms with Crippen LogP contribution in [0.1, 0.15) is 32.6 Å². The van der Waals surface area contributed by atoms with Crippen LogP contribution >= 0.6 is 0 Å². The summed E-state index contributed by atoms with van der Waals surface area (Å²) < 4.78 is 13.1. The summed E-state index contributed by atoms with van der Waals surface area (Å²) in [6, 6.07) is 6.75. The number of hydrogen-bond acceptors (Lipinski definition) is 3. The minimum atomic E-state index is -0.191. The number of halogens is 1. The minimum absolute atomic E-state index is 0.0136. The monoisotopic (exact) mass is 293 g/mol. The summed E-state index contributed by atoms with van der Waals surface area (Å²) in [5.74, 6) is -0.191. The lowest BCUT2D eigenvalue weighted by Crippen LogP contribution is -2.53. The molecule has 1 fully saturated rings. The van der Waals surface area contributed by atoms with Crippen LogP contribution in [0.5, 0.6) is 0 Å². The molecule has 3 nitrogen and oxygen atoms in total. The number of nitrogens with two attached hydrogens (primary N) is 1. The van der Waals surface area contributed by atoms with Crippen molar-refractivity contribution < 1.29 is 4.39 Å². The van der Waals surface area contributed by atoms with Crippen LogP contribution in [0.3, 0.4) is 0 Å². The number of rotatable bonds is 5. The van der Waals surface area contributed by atoms with Crippen LogP contribution in [-0.4, -0.2) is 43.7 Å². The molecule has 0 spiro atoms. The van der Waals surface area contributed by atoms with Gasteiger partial charge in [0.1, 0.15) is 5.82 Å². The van der Waals surface area contributed by atoms with Crippen LogP contribution in [0.15, 0.2) is 24.3 Å². The molecule has 21 heavy (non-hydrogen) atoms. The SMILES string of the molecule is CCCN1CCCC(CN)(N(C)c2ccc(F)cc2)CC1. The van der Waals surface area contributed by atoms with Crippen molar-refractivity contribution in [3.05, 3.63) is 30.1 Å². The molecule has 1 aliphatic rings. The van der Waals surface area contributed by atoms with Crippen LogP contribution in [0.25, 0.3) is 0 Å². The second-order valence-electron chi connectivity index (χ2n) is 6.16. The Morgan fingerprint density at radius 1 is 1.24 bits per heavy atom. The number of likely N-dealkylation sites (tertiary alicyclic amines) is 1. The first kappa shape index (κ1) is 16.2. The van der Waals surface area contributed by atoms with Crippen LogP contribution in [0, 0.1) is 5.82 Å². The molecule has 0 aliphatic carbocycles. The minimum Gasteiger partial charge on any atom is -0.368 e. The van der Waals surface area contributed by atoms with Gasteiger partial charge in [-0.3, -0.25) is 0 Å². The molecule has 0 aromatic heterocycles. The molecule has 1 aliphatic heterocycles. The van der Waals surface area contributed by atoms with Crippen molar-refractivity contribution in [2.45, 2.75) is 38.1 Å². The van der Waals surface area contributed by atoms with Gasteiger partial charge in [0.15, 0.2) is 0 Å². The lowest BCUT2D eigenvalue weighted by molar-refractivity contribution is 0.275. The number of hydrogen-bond donors (Lipinski definition) is 1. The first-order valence-corrected chi connectivity index (χ1v) is 8.03. The molecule has 0 amide bonds. The van der Waals surface area contributed by atoms with Crippen molar-refractivity contribution in [2.75, 3.05) is 38.1 Å². The molecule has 2 N–H and O–H groups in total. The molecule has 1 unspecified atom stereocenters. The van der Waals surface area contributed by atoms with E-state index < -0.39 is 0 Å². The number of nitrogens with zero attached hydrogens (tertiary/aromatic N) is 2. The molecular weight excluding hydrogens is 265 g/mol. The summed E-state index contributed by atoms with van der Waals surface area (Å²) in [4.78, 5) is 4.80. The highest BCUT2D eigenvalue weighted by molar-refractivity contribution is 5.48. The summed E-state index contributed by atoms with van der Waals surface area (Å²) in [6.07, 6.45) is 4.53. The van der Waals surface area contributed by atoms with Crippen LogP contribution < -0.4 is 10.6 Å². The molecule has 118 valence electrons. The van der Waals surface area contributed by atoms with Crippen molar-refractivity contribution >= 4 is 5.69 Å². The van der Waals surface area contributed by atoms with E-state index in [1.165, 1.54) is 31.5 Å². The molecular formula is C17H28FN3. The van der Waals surface area contributed by atoms with E-state index in [-0.39, 0.29) is 11.4 Å². The van der Waals surface area contributed by atoms with Crippen LogP contribution in [-0.2, 0) is 0 Å². The zero-order valence-electron chi connectivity index (χ0n) is 13.3. The summed E-state index contributed by atoms with van der Waals surface area (Å²) in [5.41, 5.74) is 7.19. The first-order chi connectivity index (χ1) is 10.1. The summed E-state index contributed by atoms with van der Waals surface area (Å²) >= 11 is 0. The van der Waals surface area contributed by atoms with Gasteiger partial charge in [0.05, 0.1) is 5.54 Å². The van der Waals surface area contributed by atoms with Gasteiger partial charge < -0.3 is 15.5 Å². The Morgan fingerprint density at radius 3 is 2.57 bits per heavy atom. The topological polar surface area (TPSA) is 32.5 Å². The zero-order chi connectivity index (χ0) is 15.3. The highest BCUT2D eigenvalue weighted by Crippen LogP contribution is 2.31. The Hall–Kier alpha value is -1.13. The average Bonchev–Trinajstić information content (AvgIpc) is 2.71. The lowest BCUT2D eigenvalue weighted by Gasteiger charge is -2.42. The predicted octanol–water partition coefficient (Wildman–Crippen LogP) is 2.86. The van der Waals surface area contributed by atoms with E-state index in [9.17, 15) is 4.39 Å². The predicted molar refractivity (Wildman–Crippen MR) is 87.2 cm³/mol. The van der Waals surface area contributed by atoms with E-state index in [4.69, 9.17) is 5.73 Å². The van der Waals surface area contributed by atoms with Gasteiger partial charge in [-0.1, -0.05) is 6.92 Å². The maximum Gasteiger partial charge on any atom is 0.123 e. The number of anilines is 1. The summed E-state index contributed by atoms with van der Waals surface area (Å²) in [6.45, 7) is 6.29. The first-order valence-electron chi connectivity index (χ1n) is 8.03. The van der Waals surface area contributed by atoms with Crippen molar-refractivity contribution in [1.29, 1.82) is 0 Å². The van der Waals surface area contributed by atoms with Gasteiger partial charge in [-0.25, -0.2) is 4.39 Å². The van der Waals surface area contributed by atoms with Gasteiger partial charge in [-0.15, -0.1) is 0 Å². The van der Waals surface area contributed by atoms with E-state index in [0.717, 1.165) is 31.6 Å². The molecule has 1 aromatic carbocycles. The number of likely N-dealkylation sites (N-methyl/N-ethyl adjacent to an activating group) is 1. The molecule has 1 heterocycles. The van der Waals surface area contributed by atoms with Crippen LogP contribution in [0.4, 0.5) is 10.1 Å². The van der Waals surface area contributed by atoms with E-state index >= 15 is 0 Å². The Balaban J connectivity index is 2.14. The average molecular weight is 293 g/mol. The van der Waals surface area contributed by atoms with Gasteiger partial charge in [0.2, 0.25) is 0 Å². The van der Waals surface area contributed by atoms with E-state index in [1.54, 1.807) is 0 Å². The van der Waals surface area contributed by atoms with Crippen molar-refractivity contribution in [3.8, 4) is 0 Å². The fourth-order valence-corrected chi connectivity index (χ4v) is 3.39. The molecule has 1 atom stereocenters. The fraction of sp³-hybridized carbons (Fsp3) is 0.647. The maximum atomic E-state index is 13.1. The van der Waals surface area contributed by atoms with Gasteiger partial charge in [0, 0.05) is 25.8 Å². The highest BCUT2D eigenvalue weighted by Gasteiger charge is 2.35. The quantitative estimate of drug-likeness (QED) is 0.906. The molecule has 0 radical (unpaired) electrons. The number of benzene rings is 1. The third-order valence-electron chi connectivity index (χ3n) is 4.86. The molecule has 1 saturated heterocycles. The van der Waals surface area contributed by atoms with Gasteiger partial charge >= 0.3 is 0 Å². The van der Waals surface area contributed by atoms with Crippen molar-refractivity contribution in [1.82, 2.24) is 4.90 Å². The fourth-order valence-electron chi connectivity index (χ4n) is 3.39. The Labute approximate surface area is 127 Å². The van der Waals surface area contributed by atoms with Crippen molar-refractivity contribution in [3.63, 3.8) is 0 Å². The summed E-state index contributed by atoms with van der Waals surface area (Å²) in [5, 5.41) is 0. The lowest BCUT2D eigenvalue weighted by atomic mass is 9.88. The molecule has 0 saturated carbocycles. The third kappa shape index (κ3) is 3.74. The highest BCUT2D eigenvalue weighted by atomic mass is 19.1. The molecule has 0 bridgehead atoms. The van der Waals surface area contributed by atoms with E-state index in [1.807, 2.05) is 12.1 Å².